The third kappa shape index (κ3) is 2.23. The van der Waals surface area contributed by atoms with Crippen LogP contribution < -0.4 is 9.64 Å². The van der Waals surface area contributed by atoms with Crippen LogP contribution in [-0.4, -0.2) is 23.6 Å². The molecule has 0 aliphatic carbocycles. The molecule has 4 aromatic rings. The van der Waals surface area contributed by atoms with E-state index in [2.05, 4.69) is 27.0 Å². The minimum Gasteiger partial charge on any atom is -0.497 e. The SMILES string of the molecule is COc1ccc2c(c1)CN(c1ncnc3c1oc1ccccc13)CC2. The molecule has 0 spiro atoms. The second kappa shape index (κ2) is 5.48. The Hall–Kier alpha value is -3.08. The van der Waals surface area contributed by atoms with Crippen LogP contribution in [0.1, 0.15) is 11.1 Å². The van der Waals surface area contributed by atoms with Crippen molar-refractivity contribution in [3.05, 3.63) is 59.9 Å². The third-order valence-corrected chi connectivity index (χ3v) is 4.86. The molecule has 5 heteroatoms. The minimum absolute atomic E-state index is 0.759. The number of benzene rings is 2. The fourth-order valence-corrected chi connectivity index (χ4v) is 3.58. The molecule has 0 N–H and O–H groups in total. The second-order valence-corrected chi connectivity index (χ2v) is 6.28. The van der Waals surface area contributed by atoms with E-state index in [-0.39, 0.29) is 0 Å². The smallest absolute Gasteiger partial charge is 0.196 e. The molecule has 5 nitrogen and oxygen atoms in total. The van der Waals surface area contributed by atoms with Crippen LogP contribution in [0.4, 0.5) is 5.82 Å². The van der Waals surface area contributed by atoms with Crippen molar-refractivity contribution in [2.24, 2.45) is 0 Å². The number of nitrogens with zero attached hydrogens (tertiary/aromatic N) is 3. The van der Waals surface area contributed by atoms with Gasteiger partial charge in [0.25, 0.3) is 0 Å². The summed E-state index contributed by atoms with van der Waals surface area (Å²) in [7, 11) is 1.70. The van der Waals surface area contributed by atoms with Gasteiger partial charge in [0.2, 0.25) is 0 Å². The molecule has 3 heterocycles. The third-order valence-electron chi connectivity index (χ3n) is 4.86. The van der Waals surface area contributed by atoms with Crippen LogP contribution in [0.3, 0.4) is 0 Å². The van der Waals surface area contributed by atoms with E-state index in [0.717, 1.165) is 53.1 Å². The van der Waals surface area contributed by atoms with Gasteiger partial charge >= 0.3 is 0 Å². The van der Waals surface area contributed by atoms with Crippen molar-refractivity contribution in [1.29, 1.82) is 0 Å². The van der Waals surface area contributed by atoms with Crippen molar-refractivity contribution < 1.29 is 9.15 Å². The van der Waals surface area contributed by atoms with Crippen LogP contribution in [0, 0.1) is 0 Å². The summed E-state index contributed by atoms with van der Waals surface area (Å²) in [5.41, 5.74) is 5.12. The standard InChI is InChI=1S/C20H17N3O2/c1-24-15-7-6-13-8-9-23(11-14(13)10-15)20-19-18(21-12-22-20)16-4-2-3-5-17(16)25-19/h2-7,10,12H,8-9,11H2,1H3. The number of rotatable bonds is 2. The summed E-state index contributed by atoms with van der Waals surface area (Å²) >= 11 is 0. The summed E-state index contributed by atoms with van der Waals surface area (Å²) in [4.78, 5) is 11.2. The molecule has 1 aliphatic heterocycles. The highest BCUT2D eigenvalue weighted by Crippen LogP contribution is 2.34. The normalized spacial score (nSPS) is 14.0. The number of anilines is 1. The van der Waals surface area contributed by atoms with Gasteiger partial charge in [-0.15, -0.1) is 0 Å². The summed E-state index contributed by atoms with van der Waals surface area (Å²) in [6.07, 6.45) is 2.60. The van der Waals surface area contributed by atoms with Crippen LogP contribution in [0.5, 0.6) is 5.75 Å². The lowest BCUT2D eigenvalue weighted by molar-refractivity contribution is 0.413. The Morgan fingerprint density at radius 2 is 2.00 bits per heavy atom. The van der Waals surface area contributed by atoms with Gasteiger partial charge in [0.15, 0.2) is 11.4 Å². The number of aromatic nitrogens is 2. The van der Waals surface area contributed by atoms with Gasteiger partial charge in [-0.05, 0) is 41.8 Å². The van der Waals surface area contributed by atoms with Crippen molar-refractivity contribution in [3.63, 3.8) is 0 Å². The van der Waals surface area contributed by atoms with Gasteiger partial charge in [0.1, 0.15) is 23.2 Å². The van der Waals surface area contributed by atoms with Crippen molar-refractivity contribution in [1.82, 2.24) is 9.97 Å². The summed E-state index contributed by atoms with van der Waals surface area (Å²) in [5.74, 6) is 1.74. The Morgan fingerprint density at radius 1 is 1.08 bits per heavy atom. The Morgan fingerprint density at radius 3 is 2.92 bits per heavy atom. The maximum atomic E-state index is 6.08. The Kier molecular flexibility index (Phi) is 3.13. The van der Waals surface area contributed by atoms with Crippen LogP contribution >= 0.6 is 0 Å². The number of para-hydroxylation sites is 1. The fourth-order valence-electron chi connectivity index (χ4n) is 3.58. The number of methoxy groups -OCH3 is 1. The molecule has 0 radical (unpaired) electrons. The number of furan rings is 1. The molecule has 25 heavy (non-hydrogen) atoms. The molecular formula is C20H17N3O2. The van der Waals surface area contributed by atoms with Gasteiger partial charge in [-0.1, -0.05) is 18.2 Å². The minimum atomic E-state index is 0.759. The van der Waals surface area contributed by atoms with Gasteiger partial charge < -0.3 is 14.1 Å². The first kappa shape index (κ1) is 14.3. The van der Waals surface area contributed by atoms with Crippen molar-refractivity contribution in [2.45, 2.75) is 13.0 Å². The lowest BCUT2D eigenvalue weighted by atomic mass is 9.99. The molecule has 0 saturated carbocycles. The molecule has 0 fully saturated rings. The fraction of sp³-hybridized carbons (Fsp3) is 0.200. The number of hydrogen-bond donors (Lipinski definition) is 0. The van der Waals surface area contributed by atoms with Crippen LogP contribution in [-0.2, 0) is 13.0 Å². The van der Waals surface area contributed by atoms with E-state index >= 15 is 0 Å². The van der Waals surface area contributed by atoms with Crippen molar-refractivity contribution in [2.75, 3.05) is 18.6 Å². The van der Waals surface area contributed by atoms with E-state index in [1.807, 2.05) is 30.3 Å². The molecule has 0 atom stereocenters. The predicted molar refractivity (Wildman–Crippen MR) is 97.1 cm³/mol. The molecular weight excluding hydrogens is 314 g/mol. The molecule has 1 aliphatic rings. The predicted octanol–water partition coefficient (Wildman–Crippen LogP) is 3.95. The first-order chi connectivity index (χ1) is 12.3. The van der Waals surface area contributed by atoms with Crippen molar-refractivity contribution in [3.8, 4) is 5.75 Å². The molecule has 0 bridgehead atoms. The van der Waals surface area contributed by atoms with Gasteiger partial charge in [0, 0.05) is 18.5 Å². The van der Waals surface area contributed by atoms with Crippen molar-refractivity contribution >= 4 is 27.9 Å². The monoisotopic (exact) mass is 331 g/mol. The van der Waals surface area contributed by atoms with Crippen LogP contribution in [0.15, 0.2) is 53.2 Å². The molecule has 0 unspecified atom stereocenters. The Balaban J connectivity index is 1.61. The number of ether oxygens (including phenoxy) is 1. The van der Waals surface area contributed by atoms with E-state index in [1.165, 1.54) is 11.1 Å². The van der Waals surface area contributed by atoms with Gasteiger partial charge in [-0.25, -0.2) is 9.97 Å². The zero-order chi connectivity index (χ0) is 16.8. The number of fused-ring (bicyclic) bond motifs is 4. The lowest BCUT2D eigenvalue weighted by Gasteiger charge is -2.29. The lowest BCUT2D eigenvalue weighted by Crippen LogP contribution is -2.31. The quantitative estimate of drug-likeness (QED) is 0.557. The molecule has 124 valence electrons. The van der Waals surface area contributed by atoms with Gasteiger partial charge in [-0.2, -0.15) is 0 Å². The summed E-state index contributed by atoms with van der Waals surface area (Å²) in [6, 6.07) is 14.3. The summed E-state index contributed by atoms with van der Waals surface area (Å²) in [6.45, 7) is 1.69. The Bertz CT molecular complexity index is 1090. The Labute approximate surface area is 144 Å². The maximum absolute atomic E-state index is 6.08. The molecule has 5 rings (SSSR count). The topological polar surface area (TPSA) is 51.4 Å². The first-order valence-corrected chi connectivity index (χ1v) is 8.36. The molecule has 2 aromatic carbocycles. The van der Waals surface area contributed by atoms with E-state index in [0.29, 0.717) is 0 Å². The summed E-state index contributed by atoms with van der Waals surface area (Å²) < 4.78 is 11.4. The van der Waals surface area contributed by atoms with E-state index in [1.54, 1.807) is 13.4 Å². The zero-order valence-corrected chi connectivity index (χ0v) is 13.9. The largest absolute Gasteiger partial charge is 0.497 e. The molecule has 2 aromatic heterocycles. The maximum Gasteiger partial charge on any atom is 0.196 e. The highest BCUT2D eigenvalue weighted by molar-refractivity contribution is 6.05. The van der Waals surface area contributed by atoms with E-state index in [9.17, 15) is 0 Å². The molecule has 0 amide bonds. The van der Waals surface area contributed by atoms with Gasteiger partial charge in [0.05, 0.1) is 7.11 Å². The van der Waals surface area contributed by atoms with E-state index < -0.39 is 0 Å². The summed E-state index contributed by atoms with van der Waals surface area (Å²) in [5, 5.41) is 1.03. The molecule has 0 saturated heterocycles. The van der Waals surface area contributed by atoms with Gasteiger partial charge in [-0.3, -0.25) is 0 Å². The first-order valence-electron chi connectivity index (χ1n) is 8.36. The number of hydrogen-bond acceptors (Lipinski definition) is 5. The average Bonchev–Trinajstić information content (AvgIpc) is 3.06. The van der Waals surface area contributed by atoms with E-state index in [4.69, 9.17) is 9.15 Å². The average molecular weight is 331 g/mol. The highest BCUT2D eigenvalue weighted by atomic mass is 16.5. The zero-order valence-electron chi connectivity index (χ0n) is 13.9. The highest BCUT2D eigenvalue weighted by Gasteiger charge is 2.22. The van der Waals surface area contributed by atoms with Crippen LogP contribution in [0.25, 0.3) is 22.1 Å². The second-order valence-electron chi connectivity index (χ2n) is 6.28. The van der Waals surface area contributed by atoms with Crippen LogP contribution in [0.2, 0.25) is 0 Å².